The van der Waals surface area contributed by atoms with Crippen LogP contribution in [0.3, 0.4) is 0 Å². The lowest BCUT2D eigenvalue weighted by molar-refractivity contribution is -0.129. The van der Waals surface area contributed by atoms with Crippen LogP contribution in [0, 0.1) is 0 Å². The molecule has 1 atom stereocenters. The molecule has 0 aromatic heterocycles. The highest BCUT2D eigenvalue weighted by Crippen LogP contribution is 2.25. The van der Waals surface area contributed by atoms with E-state index in [1.54, 1.807) is 24.3 Å². The zero-order valence-corrected chi connectivity index (χ0v) is 13.5. The van der Waals surface area contributed by atoms with E-state index in [9.17, 15) is 18.0 Å². The van der Waals surface area contributed by atoms with E-state index in [4.69, 9.17) is 4.74 Å². The summed E-state index contributed by atoms with van der Waals surface area (Å²) in [6.07, 6.45) is 2.74. The fourth-order valence-corrected chi connectivity index (χ4v) is 4.53. The van der Waals surface area contributed by atoms with E-state index in [0.717, 1.165) is 12.8 Å². The van der Waals surface area contributed by atoms with Gasteiger partial charge in [0.25, 0.3) is 0 Å². The molecule has 1 saturated heterocycles. The average molecular weight is 337 g/mol. The number of sulfonamides is 1. The van der Waals surface area contributed by atoms with Gasteiger partial charge >= 0.3 is 5.97 Å². The molecule has 1 aromatic carbocycles. The first-order chi connectivity index (χ1) is 11.0. The Labute approximate surface area is 135 Å². The van der Waals surface area contributed by atoms with Crippen molar-refractivity contribution >= 4 is 27.5 Å². The maximum atomic E-state index is 12.1. The predicted octanol–water partition coefficient (Wildman–Crippen LogP) is 1.90. The largest absolute Gasteiger partial charge is 0.451 e. The number of hydrogen-bond acceptors (Lipinski definition) is 5. The summed E-state index contributed by atoms with van der Waals surface area (Å²) in [5.74, 6) is -0.411. The van der Waals surface area contributed by atoms with E-state index in [1.807, 2.05) is 0 Å². The molecule has 1 aliphatic heterocycles. The molecular weight excluding hydrogens is 318 g/mol. The Balaban J connectivity index is 1.69. The van der Waals surface area contributed by atoms with Crippen molar-refractivity contribution < 1.29 is 22.7 Å². The maximum Gasteiger partial charge on any atom is 0.338 e. The SMILES string of the molecule is O=C(O[C@H]1CCCCC1=O)c1ccc(N2CCCS2(=O)=O)cc1. The van der Waals surface area contributed by atoms with Crippen LogP contribution in [0.15, 0.2) is 24.3 Å². The Morgan fingerprint density at radius 1 is 1.13 bits per heavy atom. The zero-order valence-electron chi connectivity index (χ0n) is 12.7. The van der Waals surface area contributed by atoms with Gasteiger partial charge in [-0.15, -0.1) is 0 Å². The number of anilines is 1. The summed E-state index contributed by atoms with van der Waals surface area (Å²) >= 11 is 0. The molecule has 0 amide bonds. The molecule has 0 spiro atoms. The van der Waals surface area contributed by atoms with E-state index in [1.165, 1.54) is 4.31 Å². The van der Waals surface area contributed by atoms with E-state index in [2.05, 4.69) is 0 Å². The summed E-state index contributed by atoms with van der Waals surface area (Å²) in [5.41, 5.74) is 0.872. The molecule has 0 unspecified atom stereocenters. The van der Waals surface area contributed by atoms with E-state index in [0.29, 0.717) is 37.1 Å². The lowest BCUT2D eigenvalue weighted by Crippen LogP contribution is -2.30. The molecule has 124 valence electrons. The van der Waals surface area contributed by atoms with Gasteiger partial charge in [-0.25, -0.2) is 13.2 Å². The number of nitrogens with zero attached hydrogens (tertiary/aromatic N) is 1. The lowest BCUT2D eigenvalue weighted by atomic mass is 9.96. The number of rotatable bonds is 3. The molecule has 2 fully saturated rings. The van der Waals surface area contributed by atoms with Crippen LogP contribution >= 0.6 is 0 Å². The molecule has 0 N–H and O–H groups in total. The van der Waals surface area contributed by atoms with Gasteiger partial charge in [0.2, 0.25) is 10.0 Å². The van der Waals surface area contributed by atoms with Crippen LogP contribution in [0.2, 0.25) is 0 Å². The summed E-state index contributed by atoms with van der Waals surface area (Å²) in [4.78, 5) is 23.8. The summed E-state index contributed by atoms with van der Waals surface area (Å²) in [6, 6.07) is 6.28. The molecule has 2 aliphatic rings. The summed E-state index contributed by atoms with van der Waals surface area (Å²) < 4.78 is 30.4. The normalized spacial score (nSPS) is 23.7. The Kier molecular flexibility index (Phi) is 4.39. The fourth-order valence-electron chi connectivity index (χ4n) is 2.97. The van der Waals surface area contributed by atoms with Crippen molar-refractivity contribution in [2.24, 2.45) is 0 Å². The second kappa shape index (κ2) is 6.31. The van der Waals surface area contributed by atoms with Crippen LogP contribution in [-0.4, -0.2) is 38.6 Å². The van der Waals surface area contributed by atoms with Crippen molar-refractivity contribution in [2.75, 3.05) is 16.6 Å². The third kappa shape index (κ3) is 3.39. The van der Waals surface area contributed by atoms with Crippen molar-refractivity contribution in [2.45, 2.75) is 38.2 Å². The summed E-state index contributed by atoms with van der Waals surface area (Å²) in [6.45, 7) is 0.461. The maximum absolute atomic E-state index is 12.1. The highest BCUT2D eigenvalue weighted by atomic mass is 32.2. The first-order valence-corrected chi connectivity index (χ1v) is 9.42. The second-order valence-corrected chi connectivity index (χ2v) is 7.91. The van der Waals surface area contributed by atoms with Gasteiger partial charge in [0, 0.05) is 13.0 Å². The molecular formula is C16H19NO5S. The first kappa shape index (κ1) is 16.0. The Morgan fingerprint density at radius 2 is 1.87 bits per heavy atom. The van der Waals surface area contributed by atoms with Gasteiger partial charge in [-0.3, -0.25) is 9.10 Å². The monoisotopic (exact) mass is 337 g/mol. The average Bonchev–Trinajstić information content (AvgIpc) is 2.89. The molecule has 0 bridgehead atoms. The van der Waals surface area contributed by atoms with E-state index >= 15 is 0 Å². The van der Waals surface area contributed by atoms with Gasteiger partial charge in [-0.1, -0.05) is 0 Å². The molecule has 3 rings (SSSR count). The topological polar surface area (TPSA) is 80.8 Å². The molecule has 0 radical (unpaired) electrons. The number of Topliss-reactive ketones (excluding diaryl/α,β-unsaturated/α-hetero) is 1. The highest BCUT2D eigenvalue weighted by Gasteiger charge is 2.29. The second-order valence-electron chi connectivity index (χ2n) is 5.89. The number of ketones is 1. The minimum atomic E-state index is -3.23. The Hall–Kier alpha value is -1.89. The first-order valence-electron chi connectivity index (χ1n) is 7.81. The van der Waals surface area contributed by atoms with Gasteiger partial charge in [0.15, 0.2) is 11.9 Å². The minimum absolute atomic E-state index is 0.0237. The zero-order chi connectivity index (χ0) is 16.4. The number of hydrogen-bond donors (Lipinski definition) is 0. The quantitative estimate of drug-likeness (QED) is 0.787. The van der Waals surface area contributed by atoms with E-state index in [-0.39, 0.29) is 11.5 Å². The van der Waals surface area contributed by atoms with Crippen LogP contribution in [0.25, 0.3) is 0 Å². The highest BCUT2D eigenvalue weighted by molar-refractivity contribution is 7.93. The summed E-state index contributed by atoms with van der Waals surface area (Å²) in [5, 5.41) is 0. The van der Waals surface area contributed by atoms with Crippen molar-refractivity contribution in [3.63, 3.8) is 0 Å². The molecule has 1 heterocycles. The van der Waals surface area contributed by atoms with E-state index < -0.39 is 22.1 Å². The Bertz CT molecular complexity index is 710. The molecule has 7 heteroatoms. The molecule has 6 nitrogen and oxygen atoms in total. The van der Waals surface area contributed by atoms with Crippen LogP contribution in [-0.2, 0) is 19.6 Å². The third-order valence-corrected chi connectivity index (χ3v) is 6.11. The Morgan fingerprint density at radius 3 is 2.48 bits per heavy atom. The van der Waals surface area contributed by atoms with Gasteiger partial charge in [-0.05, 0) is 49.9 Å². The van der Waals surface area contributed by atoms with Crippen molar-refractivity contribution in [1.29, 1.82) is 0 Å². The number of carbonyl (C=O) groups excluding carboxylic acids is 2. The van der Waals surface area contributed by atoms with Crippen LogP contribution in [0.5, 0.6) is 0 Å². The van der Waals surface area contributed by atoms with Crippen LogP contribution in [0.1, 0.15) is 42.5 Å². The third-order valence-electron chi connectivity index (χ3n) is 4.24. The van der Waals surface area contributed by atoms with Gasteiger partial charge in [-0.2, -0.15) is 0 Å². The smallest absolute Gasteiger partial charge is 0.338 e. The van der Waals surface area contributed by atoms with Crippen molar-refractivity contribution in [1.82, 2.24) is 0 Å². The molecule has 1 aromatic rings. The number of ether oxygens (including phenoxy) is 1. The standard InChI is InChI=1S/C16H19NO5S/c18-14-4-1-2-5-15(14)22-16(19)12-6-8-13(9-7-12)17-10-3-11-23(17,20)21/h6-9,15H,1-5,10-11H2/t15-/m0/s1. The fraction of sp³-hybridized carbons (Fsp3) is 0.500. The molecule has 1 aliphatic carbocycles. The number of benzene rings is 1. The van der Waals surface area contributed by atoms with Crippen molar-refractivity contribution in [3.05, 3.63) is 29.8 Å². The number of carbonyl (C=O) groups is 2. The van der Waals surface area contributed by atoms with Crippen LogP contribution in [0.4, 0.5) is 5.69 Å². The van der Waals surface area contributed by atoms with Crippen LogP contribution < -0.4 is 4.31 Å². The minimum Gasteiger partial charge on any atom is -0.451 e. The van der Waals surface area contributed by atoms with Gasteiger partial charge < -0.3 is 4.74 Å². The molecule has 1 saturated carbocycles. The van der Waals surface area contributed by atoms with Gasteiger partial charge in [0.1, 0.15) is 0 Å². The summed E-state index contributed by atoms with van der Waals surface area (Å²) in [7, 11) is -3.23. The lowest BCUT2D eigenvalue weighted by Gasteiger charge is -2.21. The number of esters is 1. The van der Waals surface area contributed by atoms with Crippen molar-refractivity contribution in [3.8, 4) is 0 Å². The predicted molar refractivity (Wildman–Crippen MR) is 84.9 cm³/mol. The molecule has 23 heavy (non-hydrogen) atoms. The van der Waals surface area contributed by atoms with Gasteiger partial charge in [0.05, 0.1) is 17.0 Å².